The zero-order valence-electron chi connectivity index (χ0n) is 10.9. The average Bonchev–Trinajstić information content (AvgIpc) is 2.38. The van der Waals surface area contributed by atoms with E-state index in [-0.39, 0.29) is 6.04 Å². The number of fused-ring (bicyclic) bond motifs is 1. The Morgan fingerprint density at radius 1 is 1.06 bits per heavy atom. The van der Waals surface area contributed by atoms with E-state index in [0.717, 1.165) is 6.42 Å². The number of hydrogen-bond donors (Lipinski definition) is 1. The monoisotopic (exact) mass is 227 g/mol. The van der Waals surface area contributed by atoms with Crippen LogP contribution in [0.15, 0.2) is 36.4 Å². The standard InChI is InChI=1S/C16H21N/c1-4-11(2)16(17)15-10-9-12(3)13-7-5-6-8-14(13)15/h5-11,16H,4,17H2,1-3H3. The first-order chi connectivity index (χ1) is 8.15. The summed E-state index contributed by atoms with van der Waals surface area (Å²) in [5.41, 5.74) is 8.96. The Labute approximate surface area is 104 Å². The summed E-state index contributed by atoms with van der Waals surface area (Å²) in [4.78, 5) is 0. The molecule has 0 saturated heterocycles. The number of rotatable bonds is 3. The second-order valence-electron chi connectivity index (χ2n) is 4.93. The van der Waals surface area contributed by atoms with Crippen molar-refractivity contribution in [1.29, 1.82) is 0 Å². The van der Waals surface area contributed by atoms with Crippen molar-refractivity contribution in [2.24, 2.45) is 11.7 Å². The first kappa shape index (κ1) is 12.1. The van der Waals surface area contributed by atoms with Crippen molar-refractivity contribution in [2.45, 2.75) is 33.2 Å². The van der Waals surface area contributed by atoms with Gasteiger partial charge in [-0.15, -0.1) is 0 Å². The zero-order chi connectivity index (χ0) is 12.4. The second kappa shape index (κ2) is 4.89. The van der Waals surface area contributed by atoms with Crippen LogP contribution in [-0.2, 0) is 0 Å². The van der Waals surface area contributed by atoms with Crippen LogP contribution in [0.25, 0.3) is 10.8 Å². The van der Waals surface area contributed by atoms with Crippen molar-refractivity contribution in [1.82, 2.24) is 0 Å². The topological polar surface area (TPSA) is 26.0 Å². The van der Waals surface area contributed by atoms with Gasteiger partial charge in [-0.05, 0) is 34.7 Å². The van der Waals surface area contributed by atoms with E-state index in [1.165, 1.54) is 21.9 Å². The minimum absolute atomic E-state index is 0.130. The Balaban J connectivity index is 2.59. The van der Waals surface area contributed by atoms with Crippen LogP contribution in [-0.4, -0.2) is 0 Å². The molecule has 1 heteroatoms. The van der Waals surface area contributed by atoms with Gasteiger partial charge < -0.3 is 5.73 Å². The first-order valence-electron chi connectivity index (χ1n) is 6.39. The summed E-state index contributed by atoms with van der Waals surface area (Å²) in [5.74, 6) is 0.515. The maximum atomic E-state index is 6.37. The third-order valence-electron chi connectivity index (χ3n) is 3.79. The fourth-order valence-corrected chi connectivity index (χ4v) is 2.32. The highest BCUT2D eigenvalue weighted by atomic mass is 14.6. The fourth-order valence-electron chi connectivity index (χ4n) is 2.32. The molecule has 0 radical (unpaired) electrons. The molecule has 2 N–H and O–H groups in total. The molecule has 0 amide bonds. The van der Waals surface area contributed by atoms with Crippen LogP contribution >= 0.6 is 0 Å². The molecule has 0 saturated carbocycles. The largest absolute Gasteiger partial charge is 0.324 e. The molecule has 90 valence electrons. The lowest BCUT2D eigenvalue weighted by Crippen LogP contribution is -2.18. The summed E-state index contributed by atoms with van der Waals surface area (Å²) >= 11 is 0. The predicted octanol–water partition coefficient (Wildman–Crippen LogP) is 4.19. The van der Waals surface area contributed by atoms with Gasteiger partial charge in [-0.25, -0.2) is 0 Å². The van der Waals surface area contributed by atoms with Crippen molar-refractivity contribution >= 4 is 10.8 Å². The van der Waals surface area contributed by atoms with E-state index >= 15 is 0 Å². The van der Waals surface area contributed by atoms with Gasteiger partial charge in [0.2, 0.25) is 0 Å². The molecule has 2 unspecified atom stereocenters. The fraction of sp³-hybridized carbons (Fsp3) is 0.375. The second-order valence-corrected chi connectivity index (χ2v) is 4.93. The number of aryl methyl sites for hydroxylation is 1. The van der Waals surface area contributed by atoms with Crippen LogP contribution in [0, 0.1) is 12.8 Å². The Bertz CT molecular complexity index is 516. The van der Waals surface area contributed by atoms with Crippen LogP contribution in [0.3, 0.4) is 0 Å². The molecule has 0 fully saturated rings. The SMILES string of the molecule is CCC(C)C(N)c1ccc(C)c2ccccc12. The minimum atomic E-state index is 0.130. The summed E-state index contributed by atoms with van der Waals surface area (Å²) in [6.45, 7) is 6.57. The molecule has 0 aromatic heterocycles. The van der Waals surface area contributed by atoms with Gasteiger partial charge in [0, 0.05) is 6.04 Å². The van der Waals surface area contributed by atoms with Crippen molar-refractivity contribution in [3.05, 3.63) is 47.5 Å². The van der Waals surface area contributed by atoms with Gasteiger partial charge in [-0.3, -0.25) is 0 Å². The van der Waals surface area contributed by atoms with E-state index < -0.39 is 0 Å². The maximum Gasteiger partial charge on any atom is 0.0326 e. The molecule has 2 rings (SSSR count). The lowest BCUT2D eigenvalue weighted by atomic mass is 9.89. The van der Waals surface area contributed by atoms with Crippen LogP contribution in [0.4, 0.5) is 0 Å². The summed E-state index contributed by atoms with van der Waals surface area (Å²) in [7, 11) is 0. The normalized spacial score (nSPS) is 14.8. The van der Waals surface area contributed by atoms with Gasteiger partial charge in [0.1, 0.15) is 0 Å². The van der Waals surface area contributed by atoms with Gasteiger partial charge in [0.15, 0.2) is 0 Å². The summed E-state index contributed by atoms with van der Waals surface area (Å²) in [6, 6.07) is 13.0. The molecule has 17 heavy (non-hydrogen) atoms. The van der Waals surface area contributed by atoms with Crippen LogP contribution in [0.5, 0.6) is 0 Å². The molecule has 0 aliphatic rings. The molecule has 0 heterocycles. The third kappa shape index (κ3) is 2.20. The summed E-state index contributed by atoms with van der Waals surface area (Å²) < 4.78 is 0. The average molecular weight is 227 g/mol. The number of benzene rings is 2. The van der Waals surface area contributed by atoms with Gasteiger partial charge >= 0.3 is 0 Å². The maximum absolute atomic E-state index is 6.37. The van der Waals surface area contributed by atoms with E-state index in [9.17, 15) is 0 Å². The predicted molar refractivity (Wildman–Crippen MR) is 75.1 cm³/mol. The molecule has 0 aliphatic heterocycles. The molecule has 0 spiro atoms. The van der Waals surface area contributed by atoms with E-state index in [1.54, 1.807) is 0 Å². The van der Waals surface area contributed by atoms with Crippen molar-refractivity contribution < 1.29 is 0 Å². The van der Waals surface area contributed by atoms with E-state index in [4.69, 9.17) is 5.73 Å². The molecule has 2 aromatic rings. The van der Waals surface area contributed by atoms with Crippen LogP contribution in [0.1, 0.15) is 37.4 Å². The summed E-state index contributed by atoms with van der Waals surface area (Å²) in [6.07, 6.45) is 1.11. The lowest BCUT2D eigenvalue weighted by Gasteiger charge is -2.21. The molecule has 0 aliphatic carbocycles. The van der Waals surface area contributed by atoms with Crippen molar-refractivity contribution in [3.8, 4) is 0 Å². The Morgan fingerprint density at radius 3 is 2.35 bits per heavy atom. The highest BCUT2D eigenvalue weighted by molar-refractivity contribution is 5.88. The van der Waals surface area contributed by atoms with Gasteiger partial charge in [0.05, 0.1) is 0 Å². The Morgan fingerprint density at radius 2 is 1.71 bits per heavy atom. The molecular formula is C16H21N. The zero-order valence-corrected chi connectivity index (χ0v) is 10.9. The van der Waals surface area contributed by atoms with E-state index in [2.05, 4.69) is 57.2 Å². The van der Waals surface area contributed by atoms with Crippen LogP contribution < -0.4 is 5.73 Å². The number of hydrogen-bond acceptors (Lipinski definition) is 1. The first-order valence-corrected chi connectivity index (χ1v) is 6.39. The highest BCUT2D eigenvalue weighted by Crippen LogP contribution is 2.30. The summed E-state index contributed by atoms with van der Waals surface area (Å²) in [5, 5.41) is 2.63. The molecule has 1 nitrogen and oxygen atoms in total. The smallest absolute Gasteiger partial charge is 0.0326 e. The van der Waals surface area contributed by atoms with Crippen molar-refractivity contribution in [2.75, 3.05) is 0 Å². The highest BCUT2D eigenvalue weighted by Gasteiger charge is 2.15. The van der Waals surface area contributed by atoms with Crippen LogP contribution in [0.2, 0.25) is 0 Å². The van der Waals surface area contributed by atoms with Gasteiger partial charge in [0.25, 0.3) is 0 Å². The Hall–Kier alpha value is -1.34. The Kier molecular flexibility index (Phi) is 3.49. The van der Waals surface area contributed by atoms with E-state index in [0.29, 0.717) is 5.92 Å². The lowest BCUT2D eigenvalue weighted by molar-refractivity contribution is 0.459. The van der Waals surface area contributed by atoms with Gasteiger partial charge in [-0.1, -0.05) is 56.7 Å². The molecule has 2 atom stereocenters. The van der Waals surface area contributed by atoms with Crippen molar-refractivity contribution in [3.63, 3.8) is 0 Å². The molecule has 2 aromatic carbocycles. The quantitative estimate of drug-likeness (QED) is 0.835. The number of nitrogens with two attached hydrogens (primary N) is 1. The molecular weight excluding hydrogens is 206 g/mol. The van der Waals surface area contributed by atoms with E-state index in [1.807, 2.05) is 0 Å². The minimum Gasteiger partial charge on any atom is -0.324 e. The molecule has 0 bridgehead atoms. The third-order valence-corrected chi connectivity index (χ3v) is 3.79. The van der Waals surface area contributed by atoms with Gasteiger partial charge in [-0.2, -0.15) is 0 Å².